The van der Waals surface area contributed by atoms with Crippen LogP contribution in [0.1, 0.15) is 44.6 Å². The van der Waals surface area contributed by atoms with Crippen LogP contribution in [0.15, 0.2) is 24.3 Å². The lowest BCUT2D eigenvalue weighted by Gasteiger charge is -2.32. The zero-order valence-electron chi connectivity index (χ0n) is 12.7. The molecule has 0 heterocycles. The fourth-order valence-corrected chi connectivity index (χ4v) is 2.80. The van der Waals surface area contributed by atoms with Crippen molar-refractivity contribution in [1.82, 2.24) is 4.90 Å². The van der Waals surface area contributed by atoms with Crippen molar-refractivity contribution in [3.63, 3.8) is 0 Å². The quantitative estimate of drug-likeness (QED) is 0.854. The number of benzene rings is 1. The molecular weight excluding hydrogens is 264 g/mol. The Labute approximate surface area is 126 Å². The largest absolute Gasteiger partial charge is 0.481 e. The third-order valence-electron chi connectivity index (χ3n) is 4.11. The molecule has 2 rings (SSSR count). The van der Waals surface area contributed by atoms with E-state index in [9.17, 15) is 4.79 Å². The summed E-state index contributed by atoms with van der Waals surface area (Å²) in [5.74, 6) is 0.637. The first kappa shape index (κ1) is 15.4. The number of ether oxygens (including phenoxy) is 1. The van der Waals surface area contributed by atoms with E-state index in [0.717, 1.165) is 12.8 Å². The van der Waals surface area contributed by atoms with Gasteiger partial charge in [0.2, 0.25) is 0 Å². The Kier molecular flexibility index (Phi) is 5.21. The summed E-state index contributed by atoms with van der Waals surface area (Å²) in [7, 11) is 1.87. The first-order valence-electron chi connectivity index (χ1n) is 7.55. The standard InChI is InChI=1S/C17H22N2O2/c1-13(21-16-10-8-14(12-18)9-11-16)17(20)19(2)15-6-4-3-5-7-15/h8-11,13,15H,3-7H2,1-2H3/t13-/m0/s1. The van der Waals surface area contributed by atoms with Gasteiger partial charge >= 0.3 is 0 Å². The van der Waals surface area contributed by atoms with Crippen molar-refractivity contribution in [2.45, 2.75) is 51.2 Å². The molecule has 0 saturated heterocycles. The molecule has 1 fully saturated rings. The second-order valence-electron chi connectivity index (χ2n) is 5.64. The second-order valence-corrected chi connectivity index (χ2v) is 5.64. The van der Waals surface area contributed by atoms with Gasteiger partial charge in [-0.15, -0.1) is 0 Å². The number of carbonyl (C=O) groups excluding carboxylic acids is 1. The summed E-state index contributed by atoms with van der Waals surface area (Å²) in [6.45, 7) is 1.78. The molecule has 1 aliphatic rings. The van der Waals surface area contributed by atoms with Crippen LogP contribution in [0.25, 0.3) is 0 Å². The van der Waals surface area contributed by atoms with Crippen molar-refractivity contribution in [3.05, 3.63) is 29.8 Å². The fourth-order valence-electron chi connectivity index (χ4n) is 2.80. The molecule has 4 nitrogen and oxygen atoms in total. The number of hydrogen-bond donors (Lipinski definition) is 0. The van der Waals surface area contributed by atoms with Crippen LogP contribution in [-0.2, 0) is 4.79 Å². The fraction of sp³-hybridized carbons (Fsp3) is 0.529. The van der Waals surface area contributed by atoms with Gasteiger partial charge in [-0.2, -0.15) is 5.26 Å². The van der Waals surface area contributed by atoms with Gasteiger partial charge in [0.25, 0.3) is 5.91 Å². The third kappa shape index (κ3) is 3.98. The number of carbonyl (C=O) groups is 1. The maximum atomic E-state index is 12.4. The van der Waals surface area contributed by atoms with Gasteiger partial charge in [-0.25, -0.2) is 0 Å². The summed E-state index contributed by atoms with van der Waals surface area (Å²) in [6, 6.07) is 9.24. The molecule has 21 heavy (non-hydrogen) atoms. The van der Waals surface area contributed by atoms with Crippen molar-refractivity contribution in [2.75, 3.05) is 7.05 Å². The molecule has 0 N–H and O–H groups in total. The highest BCUT2D eigenvalue weighted by Gasteiger charge is 2.26. The maximum Gasteiger partial charge on any atom is 0.263 e. The van der Waals surface area contributed by atoms with E-state index in [1.165, 1.54) is 19.3 Å². The lowest BCUT2D eigenvalue weighted by Crippen LogP contribution is -2.44. The number of likely N-dealkylation sites (N-methyl/N-ethyl adjacent to an activating group) is 1. The first-order valence-corrected chi connectivity index (χ1v) is 7.55. The molecule has 1 amide bonds. The normalized spacial score (nSPS) is 16.8. The minimum Gasteiger partial charge on any atom is -0.481 e. The topological polar surface area (TPSA) is 53.3 Å². The van der Waals surface area contributed by atoms with Crippen molar-refractivity contribution in [3.8, 4) is 11.8 Å². The van der Waals surface area contributed by atoms with E-state index in [2.05, 4.69) is 6.07 Å². The number of rotatable bonds is 4. The van der Waals surface area contributed by atoms with Crippen molar-refractivity contribution >= 4 is 5.91 Å². The minimum absolute atomic E-state index is 0.0197. The summed E-state index contributed by atoms with van der Waals surface area (Å²) in [5, 5.41) is 8.76. The van der Waals surface area contributed by atoms with Gasteiger partial charge in [-0.1, -0.05) is 19.3 Å². The Morgan fingerprint density at radius 3 is 2.48 bits per heavy atom. The predicted molar refractivity (Wildman–Crippen MR) is 80.9 cm³/mol. The molecule has 1 atom stereocenters. The van der Waals surface area contributed by atoms with Gasteiger partial charge < -0.3 is 9.64 Å². The van der Waals surface area contributed by atoms with Crippen LogP contribution < -0.4 is 4.74 Å². The molecule has 112 valence electrons. The molecule has 1 aromatic carbocycles. The SMILES string of the molecule is C[C@H](Oc1ccc(C#N)cc1)C(=O)N(C)C1CCCCC1. The molecule has 0 spiro atoms. The molecule has 0 radical (unpaired) electrons. The van der Waals surface area contributed by atoms with E-state index in [0.29, 0.717) is 17.4 Å². The Bertz CT molecular complexity index is 513. The Hall–Kier alpha value is -2.02. The van der Waals surface area contributed by atoms with Crippen LogP contribution in [0.5, 0.6) is 5.75 Å². The smallest absolute Gasteiger partial charge is 0.263 e. The zero-order chi connectivity index (χ0) is 15.2. The van der Waals surface area contributed by atoms with Crippen molar-refractivity contribution < 1.29 is 9.53 Å². The van der Waals surface area contributed by atoms with Crippen LogP contribution >= 0.6 is 0 Å². The maximum absolute atomic E-state index is 12.4. The predicted octanol–water partition coefficient (Wildman–Crippen LogP) is 3.12. The van der Waals surface area contributed by atoms with Gasteiger partial charge in [-0.3, -0.25) is 4.79 Å². The number of nitrogens with zero attached hydrogens (tertiary/aromatic N) is 2. The number of hydrogen-bond acceptors (Lipinski definition) is 3. The van der Waals surface area contributed by atoms with Crippen LogP contribution in [0.4, 0.5) is 0 Å². The summed E-state index contributed by atoms with van der Waals surface area (Å²) < 4.78 is 5.69. The van der Waals surface area contributed by atoms with Crippen molar-refractivity contribution in [2.24, 2.45) is 0 Å². The van der Waals surface area contributed by atoms with Gasteiger partial charge in [-0.05, 0) is 44.0 Å². The average Bonchev–Trinajstić information content (AvgIpc) is 2.55. The molecule has 0 unspecified atom stereocenters. The number of amides is 1. The highest BCUT2D eigenvalue weighted by atomic mass is 16.5. The van der Waals surface area contributed by atoms with Gasteiger partial charge in [0.1, 0.15) is 5.75 Å². The van der Waals surface area contributed by atoms with Crippen LogP contribution in [0, 0.1) is 11.3 Å². The molecule has 0 aliphatic heterocycles. The molecule has 1 aliphatic carbocycles. The Morgan fingerprint density at radius 2 is 1.90 bits per heavy atom. The summed E-state index contributed by atoms with van der Waals surface area (Å²) in [6.07, 6.45) is 5.35. The highest BCUT2D eigenvalue weighted by Crippen LogP contribution is 2.22. The van der Waals surface area contributed by atoms with E-state index >= 15 is 0 Å². The number of nitriles is 1. The van der Waals surface area contributed by atoms with Crippen LogP contribution in [-0.4, -0.2) is 30.0 Å². The lowest BCUT2D eigenvalue weighted by molar-refractivity contribution is -0.139. The van der Waals surface area contributed by atoms with E-state index in [4.69, 9.17) is 10.00 Å². The summed E-state index contributed by atoms with van der Waals surface area (Å²) in [5.41, 5.74) is 0.584. The molecule has 4 heteroatoms. The lowest BCUT2D eigenvalue weighted by atomic mass is 9.94. The van der Waals surface area contributed by atoms with Crippen LogP contribution in [0.3, 0.4) is 0 Å². The molecule has 0 aromatic heterocycles. The molecule has 1 aromatic rings. The van der Waals surface area contributed by atoms with E-state index in [1.54, 1.807) is 31.2 Å². The van der Waals surface area contributed by atoms with Crippen molar-refractivity contribution in [1.29, 1.82) is 5.26 Å². The Morgan fingerprint density at radius 1 is 1.29 bits per heavy atom. The van der Waals surface area contributed by atoms with E-state index in [-0.39, 0.29) is 5.91 Å². The van der Waals surface area contributed by atoms with Crippen LogP contribution in [0.2, 0.25) is 0 Å². The monoisotopic (exact) mass is 286 g/mol. The first-order chi connectivity index (χ1) is 10.1. The molecule has 0 bridgehead atoms. The second kappa shape index (κ2) is 7.12. The van der Waals surface area contributed by atoms with Gasteiger partial charge in [0, 0.05) is 13.1 Å². The molecular formula is C17H22N2O2. The summed E-state index contributed by atoms with van der Waals surface area (Å²) in [4.78, 5) is 14.3. The average molecular weight is 286 g/mol. The summed E-state index contributed by atoms with van der Waals surface area (Å²) >= 11 is 0. The third-order valence-corrected chi connectivity index (χ3v) is 4.11. The Balaban J connectivity index is 1.93. The zero-order valence-corrected chi connectivity index (χ0v) is 12.7. The van der Waals surface area contributed by atoms with Gasteiger partial charge in [0.05, 0.1) is 11.6 Å². The van der Waals surface area contributed by atoms with E-state index in [1.807, 2.05) is 11.9 Å². The minimum atomic E-state index is -0.509. The highest BCUT2D eigenvalue weighted by molar-refractivity contribution is 5.81. The van der Waals surface area contributed by atoms with E-state index < -0.39 is 6.10 Å². The molecule has 1 saturated carbocycles. The van der Waals surface area contributed by atoms with Gasteiger partial charge in [0.15, 0.2) is 6.10 Å².